The van der Waals surface area contributed by atoms with Gasteiger partial charge in [-0.3, -0.25) is 4.79 Å². The molecule has 0 fully saturated rings. The monoisotopic (exact) mass is 398 g/mol. The maximum absolute atomic E-state index is 12.2. The quantitative estimate of drug-likeness (QED) is 0.842. The highest BCUT2D eigenvalue weighted by Crippen LogP contribution is 2.24. The van der Waals surface area contributed by atoms with E-state index in [1.807, 2.05) is 6.92 Å². The van der Waals surface area contributed by atoms with Crippen LogP contribution in [0.2, 0.25) is 0 Å². The van der Waals surface area contributed by atoms with Gasteiger partial charge in [0.1, 0.15) is 11.6 Å². The molecule has 1 heterocycles. The van der Waals surface area contributed by atoms with E-state index < -0.39 is 0 Å². The number of hydrogen-bond acceptors (Lipinski definition) is 3. The first-order chi connectivity index (χ1) is 9.51. The Kier molecular flexibility index (Phi) is 4.77. The summed E-state index contributed by atoms with van der Waals surface area (Å²) in [5, 5.41) is 2.75. The number of pyridine rings is 1. The van der Waals surface area contributed by atoms with Gasteiger partial charge in [0.05, 0.1) is 12.7 Å². The lowest BCUT2D eigenvalue weighted by atomic mass is 10.2. The second-order valence-electron chi connectivity index (χ2n) is 4.12. The lowest BCUT2D eigenvalue weighted by Gasteiger charge is -2.10. The van der Waals surface area contributed by atoms with Crippen LogP contribution in [0.5, 0.6) is 5.75 Å². The predicted molar refractivity (Wildman–Crippen MR) is 85.3 cm³/mol. The Balaban J connectivity index is 2.25. The van der Waals surface area contributed by atoms with E-state index in [1.54, 1.807) is 30.5 Å². The zero-order valence-electron chi connectivity index (χ0n) is 10.9. The van der Waals surface area contributed by atoms with Crippen LogP contribution < -0.4 is 10.1 Å². The van der Waals surface area contributed by atoms with Gasteiger partial charge in [-0.2, -0.15) is 0 Å². The second-order valence-corrected chi connectivity index (χ2v) is 5.89. The molecule has 1 N–H and O–H groups in total. The van der Waals surface area contributed by atoms with Crippen LogP contribution in [0.4, 0.5) is 5.82 Å². The van der Waals surface area contributed by atoms with Crippen LogP contribution in [0.15, 0.2) is 39.4 Å². The number of carbonyl (C=O) groups excluding carboxylic acids is 1. The van der Waals surface area contributed by atoms with Crippen molar-refractivity contribution in [3.63, 3.8) is 0 Å². The van der Waals surface area contributed by atoms with Gasteiger partial charge in [-0.25, -0.2) is 4.98 Å². The fraction of sp³-hybridized carbons (Fsp3) is 0.143. The summed E-state index contributed by atoms with van der Waals surface area (Å²) in [5.41, 5.74) is 1.45. The third kappa shape index (κ3) is 3.37. The van der Waals surface area contributed by atoms with Gasteiger partial charge in [-0.15, -0.1) is 0 Å². The van der Waals surface area contributed by atoms with E-state index in [0.717, 1.165) is 14.5 Å². The topological polar surface area (TPSA) is 51.2 Å². The van der Waals surface area contributed by atoms with E-state index >= 15 is 0 Å². The van der Waals surface area contributed by atoms with E-state index in [1.165, 1.54) is 7.11 Å². The number of aromatic nitrogens is 1. The normalized spacial score (nSPS) is 10.2. The number of carbonyl (C=O) groups is 1. The summed E-state index contributed by atoms with van der Waals surface area (Å²) in [6, 6.07) is 7.03. The number of methoxy groups -OCH3 is 1. The molecule has 0 radical (unpaired) electrons. The number of benzene rings is 1. The van der Waals surface area contributed by atoms with Crippen molar-refractivity contribution in [2.24, 2.45) is 0 Å². The summed E-state index contributed by atoms with van der Waals surface area (Å²) in [6.45, 7) is 1.93. The van der Waals surface area contributed by atoms with Crippen molar-refractivity contribution in [2.45, 2.75) is 6.92 Å². The molecular formula is C14H12Br2N2O2. The van der Waals surface area contributed by atoms with E-state index in [9.17, 15) is 4.79 Å². The van der Waals surface area contributed by atoms with Crippen molar-refractivity contribution in [3.05, 3.63) is 50.5 Å². The third-order valence-corrected chi connectivity index (χ3v) is 4.02. The van der Waals surface area contributed by atoms with Gasteiger partial charge >= 0.3 is 0 Å². The Hall–Kier alpha value is -1.40. The molecule has 0 atom stereocenters. The van der Waals surface area contributed by atoms with Crippen molar-refractivity contribution in [2.75, 3.05) is 12.4 Å². The number of halogens is 2. The summed E-state index contributed by atoms with van der Waals surface area (Å²) in [7, 11) is 1.53. The minimum atomic E-state index is -0.261. The molecule has 1 amide bonds. The maximum Gasteiger partial charge on any atom is 0.260 e. The van der Waals surface area contributed by atoms with Gasteiger partial charge in [0.25, 0.3) is 5.91 Å². The highest BCUT2D eigenvalue weighted by atomic mass is 79.9. The number of anilines is 1. The van der Waals surface area contributed by atoms with Gasteiger partial charge in [-0.05, 0) is 52.7 Å². The highest BCUT2D eigenvalue weighted by molar-refractivity contribution is 9.10. The lowest BCUT2D eigenvalue weighted by Crippen LogP contribution is -2.14. The van der Waals surface area contributed by atoms with Crippen LogP contribution in [0, 0.1) is 6.92 Å². The Morgan fingerprint density at radius 3 is 2.70 bits per heavy atom. The number of rotatable bonds is 3. The summed E-state index contributed by atoms with van der Waals surface area (Å²) in [6.07, 6.45) is 1.66. The van der Waals surface area contributed by atoms with Crippen LogP contribution in [0.1, 0.15) is 15.9 Å². The van der Waals surface area contributed by atoms with Crippen molar-refractivity contribution in [1.82, 2.24) is 4.98 Å². The molecule has 0 saturated carbocycles. The Morgan fingerprint density at radius 2 is 2.05 bits per heavy atom. The van der Waals surface area contributed by atoms with E-state index in [2.05, 4.69) is 42.2 Å². The summed E-state index contributed by atoms with van der Waals surface area (Å²) in [5.74, 6) is 0.745. The minimum absolute atomic E-state index is 0.261. The number of aryl methyl sites for hydroxylation is 1. The Morgan fingerprint density at radius 1 is 1.30 bits per heavy atom. The maximum atomic E-state index is 12.2. The third-order valence-electron chi connectivity index (χ3n) is 2.70. The largest absolute Gasteiger partial charge is 0.496 e. The summed E-state index contributed by atoms with van der Waals surface area (Å²) >= 11 is 6.71. The Labute approximate surface area is 133 Å². The fourth-order valence-electron chi connectivity index (χ4n) is 1.64. The molecule has 6 heteroatoms. The second kappa shape index (κ2) is 6.37. The first-order valence-electron chi connectivity index (χ1n) is 5.78. The van der Waals surface area contributed by atoms with Gasteiger partial charge in [0, 0.05) is 15.1 Å². The number of amides is 1. The lowest BCUT2D eigenvalue weighted by molar-refractivity contribution is 0.102. The molecule has 2 aromatic rings. The van der Waals surface area contributed by atoms with Gasteiger partial charge in [0.15, 0.2) is 0 Å². The van der Waals surface area contributed by atoms with E-state index in [0.29, 0.717) is 17.1 Å². The van der Waals surface area contributed by atoms with Crippen LogP contribution in [0.3, 0.4) is 0 Å². The van der Waals surface area contributed by atoms with Crippen LogP contribution in [-0.2, 0) is 0 Å². The number of nitrogens with one attached hydrogen (secondary N) is 1. The summed E-state index contributed by atoms with van der Waals surface area (Å²) in [4.78, 5) is 16.4. The fourth-order valence-corrected chi connectivity index (χ4v) is 2.20. The van der Waals surface area contributed by atoms with Crippen molar-refractivity contribution < 1.29 is 9.53 Å². The van der Waals surface area contributed by atoms with Gasteiger partial charge in [-0.1, -0.05) is 15.9 Å². The molecule has 0 aliphatic carbocycles. The standard InChI is InChI=1S/C14H12Br2N2O2/c1-8-5-13(17-7-11(8)16)18-14(19)10-4-3-9(15)6-12(10)20-2/h3-7H,1-2H3,(H,17,18,19). The minimum Gasteiger partial charge on any atom is -0.496 e. The van der Waals surface area contributed by atoms with E-state index in [-0.39, 0.29) is 5.91 Å². The molecule has 0 aliphatic rings. The van der Waals surface area contributed by atoms with Crippen molar-refractivity contribution in [1.29, 1.82) is 0 Å². The molecule has 1 aromatic heterocycles. The van der Waals surface area contributed by atoms with Crippen LogP contribution >= 0.6 is 31.9 Å². The smallest absolute Gasteiger partial charge is 0.260 e. The number of nitrogens with zero attached hydrogens (tertiary/aromatic N) is 1. The van der Waals surface area contributed by atoms with E-state index in [4.69, 9.17) is 4.74 Å². The average molecular weight is 400 g/mol. The van der Waals surface area contributed by atoms with Crippen LogP contribution in [0.25, 0.3) is 0 Å². The molecule has 1 aromatic carbocycles. The molecular weight excluding hydrogens is 388 g/mol. The number of ether oxygens (including phenoxy) is 1. The molecule has 0 saturated heterocycles. The van der Waals surface area contributed by atoms with Crippen LogP contribution in [-0.4, -0.2) is 18.0 Å². The SMILES string of the molecule is COc1cc(Br)ccc1C(=O)Nc1cc(C)c(Br)cn1. The summed E-state index contributed by atoms with van der Waals surface area (Å²) < 4.78 is 6.96. The molecule has 104 valence electrons. The Bertz CT molecular complexity index is 660. The molecule has 0 aliphatic heterocycles. The average Bonchev–Trinajstić information content (AvgIpc) is 2.42. The van der Waals surface area contributed by atoms with Gasteiger partial charge < -0.3 is 10.1 Å². The van der Waals surface area contributed by atoms with Crippen molar-refractivity contribution in [3.8, 4) is 5.75 Å². The first-order valence-corrected chi connectivity index (χ1v) is 7.37. The zero-order valence-corrected chi connectivity index (χ0v) is 14.1. The highest BCUT2D eigenvalue weighted by Gasteiger charge is 2.13. The molecule has 20 heavy (non-hydrogen) atoms. The number of hydrogen-bond donors (Lipinski definition) is 1. The van der Waals surface area contributed by atoms with Gasteiger partial charge in [0.2, 0.25) is 0 Å². The molecule has 0 bridgehead atoms. The molecule has 0 spiro atoms. The molecule has 4 nitrogen and oxygen atoms in total. The molecule has 0 unspecified atom stereocenters. The molecule has 2 rings (SSSR count). The van der Waals surface area contributed by atoms with Crippen molar-refractivity contribution >= 4 is 43.6 Å². The zero-order chi connectivity index (χ0) is 14.7. The first kappa shape index (κ1) is 15.0. The predicted octanol–water partition coefficient (Wildman–Crippen LogP) is 4.18.